The zero-order valence-electron chi connectivity index (χ0n) is 31.5. The molecule has 2 heterocycles. The van der Waals surface area contributed by atoms with E-state index in [2.05, 4.69) is 35.1 Å². The van der Waals surface area contributed by atoms with E-state index in [0.717, 1.165) is 83.5 Å². The fourth-order valence-electron chi connectivity index (χ4n) is 10.7. The topological polar surface area (TPSA) is 171 Å². The summed E-state index contributed by atoms with van der Waals surface area (Å²) < 4.78 is 26.4. The average molecular weight is 744 g/mol. The first-order valence-corrected chi connectivity index (χ1v) is 22.1. The van der Waals surface area contributed by atoms with Gasteiger partial charge < -0.3 is 26.2 Å². The summed E-state index contributed by atoms with van der Waals surface area (Å²) in [5, 5.41) is 11.4. The monoisotopic (exact) mass is 743 g/mol. The molecule has 5 amide bonds. The van der Waals surface area contributed by atoms with Gasteiger partial charge in [-0.1, -0.05) is 72.1 Å². The van der Waals surface area contributed by atoms with Crippen LogP contribution in [-0.4, -0.2) is 90.1 Å². The molecular weight excluding hydrogens is 683 g/mol. The van der Waals surface area contributed by atoms with Crippen LogP contribution in [0.25, 0.3) is 0 Å². The quantitative estimate of drug-likeness (QED) is 0.207. The van der Waals surface area contributed by atoms with Crippen molar-refractivity contribution < 1.29 is 32.4 Å². The minimum atomic E-state index is -3.35. The van der Waals surface area contributed by atoms with Crippen LogP contribution in [0.15, 0.2) is 0 Å². The van der Waals surface area contributed by atoms with Crippen molar-refractivity contribution in [2.75, 3.05) is 12.3 Å². The Morgan fingerprint density at radius 3 is 2.06 bits per heavy atom. The predicted molar refractivity (Wildman–Crippen MR) is 196 cm³/mol. The van der Waals surface area contributed by atoms with E-state index < -0.39 is 67.8 Å². The van der Waals surface area contributed by atoms with Crippen LogP contribution in [0.1, 0.15) is 136 Å². The molecular formula is C39H61N5O7S. The molecule has 7 rings (SSSR count). The lowest BCUT2D eigenvalue weighted by atomic mass is 9.70. The molecule has 5 aliphatic carbocycles. The summed E-state index contributed by atoms with van der Waals surface area (Å²) >= 11 is 0. The molecule has 13 heteroatoms. The van der Waals surface area contributed by atoms with Crippen molar-refractivity contribution in [2.24, 2.45) is 28.6 Å². The SMILES string of the molecule is CC1([C@H](NC(=O)NC2(C3CCCS3(=O)=O)CCCCC2)C(=O)N2C[C@H]3[C@@H]([C@H]2C(=O)N[C@@H](CCC2CC2)C(=O)C(=O)NC2CC2)C3(C)C)CCCCC1. The molecule has 2 aliphatic heterocycles. The third-order valence-electron chi connectivity index (χ3n) is 14.4. The Hall–Kier alpha value is -2.70. The Morgan fingerprint density at radius 1 is 0.808 bits per heavy atom. The van der Waals surface area contributed by atoms with Gasteiger partial charge >= 0.3 is 6.03 Å². The van der Waals surface area contributed by atoms with E-state index in [4.69, 9.17) is 0 Å². The summed E-state index contributed by atoms with van der Waals surface area (Å²) in [5.41, 5.74) is -1.60. The summed E-state index contributed by atoms with van der Waals surface area (Å²) in [6, 6.07) is -3.21. The third kappa shape index (κ3) is 7.50. The molecule has 2 saturated heterocycles. The zero-order valence-corrected chi connectivity index (χ0v) is 32.3. The number of hydrogen-bond acceptors (Lipinski definition) is 7. The lowest BCUT2D eigenvalue weighted by Crippen LogP contribution is -2.66. The van der Waals surface area contributed by atoms with Gasteiger partial charge in [0.15, 0.2) is 9.84 Å². The Kier molecular flexibility index (Phi) is 10.3. The van der Waals surface area contributed by atoms with Crippen molar-refractivity contribution in [1.82, 2.24) is 26.2 Å². The molecule has 1 unspecified atom stereocenters. The first-order valence-electron chi connectivity index (χ1n) is 20.4. The summed E-state index contributed by atoms with van der Waals surface area (Å²) in [4.78, 5) is 71.4. The number of carbonyl (C=O) groups is 5. The smallest absolute Gasteiger partial charge is 0.315 e. The minimum Gasteiger partial charge on any atom is -0.347 e. The lowest BCUT2D eigenvalue weighted by Gasteiger charge is -2.45. The van der Waals surface area contributed by atoms with Gasteiger partial charge in [-0.15, -0.1) is 0 Å². The van der Waals surface area contributed by atoms with Gasteiger partial charge in [0.2, 0.25) is 17.6 Å². The highest BCUT2D eigenvalue weighted by Gasteiger charge is 2.70. The number of likely N-dealkylation sites (tertiary alicyclic amines) is 1. The number of hydrogen-bond donors (Lipinski definition) is 4. The highest BCUT2D eigenvalue weighted by Crippen LogP contribution is 2.65. The van der Waals surface area contributed by atoms with E-state index in [1.54, 1.807) is 4.90 Å². The van der Waals surface area contributed by atoms with Gasteiger partial charge in [-0.05, 0) is 92.8 Å². The van der Waals surface area contributed by atoms with Gasteiger partial charge in [0.1, 0.15) is 12.1 Å². The summed E-state index contributed by atoms with van der Waals surface area (Å²) in [5.74, 6) is -1.38. The summed E-state index contributed by atoms with van der Waals surface area (Å²) in [6.45, 7) is 6.64. The molecule has 12 nitrogen and oxygen atoms in total. The molecule has 0 bridgehead atoms. The Morgan fingerprint density at radius 2 is 1.46 bits per heavy atom. The molecule has 5 saturated carbocycles. The van der Waals surface area contributed by atoms with Crippen LogP contribution in [0.3, 0.4) is 0 Å². The second kappa shape index (κ2) is 14.2. The van der Waals surface area contributed by atoms with E-state index in [1.807, 2.05) is 6.92 Å². The normalized spacial score (nSPS) is 32.1. The number of rotatable bonds is 13. The van der Waals surface area contributed by atoms with E-state index >= 15 is 0 Å². The lowest BCUT2D eigenvalue weighted by molar-refractivity contribution is -0.146. The van der Waals surface area contributed by atoms with Crippen LogP contribution >= 0.6 is 0 Å². The largest absolute Gasteiger partial charge is 0.347 e. The van der Waals surface area contributed by atoms with Gasteiger partial charge in [-0.3, -0.25) is 19.2 Å². The molecule has 4 N–H and O–H groups in total. The molecule has 6 atom stereocenters. The second-order valence-corrected chi connectivity index (χ2v) is 20.8. The number of carbonyl (C=O) groups excluding carboxylic acids is 5. The van der Waals surface area contributed by atoms with Gasteiger partial charge in [0.05, 0.1) is 22.6 Å². The molecule has 52 heavy (non-hydrogen) atoms. The van der Waals surface area contributed by atoms with Crippen LogP contribution in [0.4, 0.5) is 4.79 Å². The van der Waals surface area contributed by atoms with Crippen LogP contribution in [0, 0.1) is 28.6 Å². The van der Waals surface area contributed by atoms with Crippen LogP contribution in [-0.2, 0) is 29.0 Å². The highest BCUT2D eigenvalue weighted by atomic mass is 32.2. The van der Waals surface area contributed by atoms with Crippen molar-refractivity contribution in [1.29, 1.82) is 0 Å². The van der Waals surface area contributed by atoms with Gasteiger partial charge in [0.25, 0.3) is 5.91 Å². The van der Waals surface area contributed by atoms with Crippen LogP contribution in [0.5, 0.6) is 0 Å². The minimum absolute atomic E-state index is 0.0190. The number of nitrogens with zero attached hydrogens (tertiary/aromatic N) is 1. The van der Waals surface area contributed by atoms with Crippen molar-refractivity contribution >= 4 is 39.4 Å². The molecule has 290 valence electrons. The zero-order chi connectivity index (χ0) is 37.1. The Balaban J connectivity index is 1.12. The number of ketones is 1. The van der Waals surface area contributed by atoms with E-state index in [1.165, 1.54) is 0 Å². The van der Waals surface area contributed by atoms with Crippen molar-refractivity contribution in [3.05, 3.63) is 0 Å². The Bertz CT molecular complexity index is 1540. The molecule has 0 spiro atoms. The van der Waals surface area contributed by atoms with Gasteiger partial charge in [-0.2, -0.15) is 0 Å². The molecule has 0 aromatic heterocycles. The number of sulfone groups is 1. The first kappa shape index (κ1) is 37.6. The summed E-state index contributed by atoms with van der Waals surface area (Å²) in [6.07, 6.45) is 14.3. The predicted octanol–water partition coefficient (Wildman–Crippen LogP) is 3.91. The van der Waals surface area contributed by atoms with E-state index in [0.29, 0.717) is 44.6 Å². The van der Waals surface area contributed by atoms with Crippen LogP contribution < -0.4 is 21.3 Å². The van der Waals surface area contributed by atoms with Crippen molar-refractivity contribution in [3.63, 3.8) is 0 Å². The number of fused-ring (bicyclic) bond motifs is 1. The third-order valence-corrected chi connectivity index (χ3v) is 16.8. The Labute approximate surface area is 309 Å². The van der Waals surface area contributed by atoms with Gasteiger partial charge in [-0.25, -0.2) is 13.2 Å². The van der Waals surface area contributed by atoms with Gasteiger partial charge in [0, 0.05) is 12.6 Å². The van der Waals surface area contributed by atoms with Crippen LogP contribution in [0.2, 0.25) is 0 Å². The number of amides is 5. The van der Waals surface area contributed by atoms with Crippen molar-refractivity contribution in [3.8, 4) is 0 Å². The number of piperidine rings is 1. The molecule has 0 radical (unpaired) electrons. The molecule has 0 aromatic carbocycles. The summed E-state index contributed by atoms with van der Waals surface area (Å²) in [7, 11) is -3.35. The van der Waals surface area contributed by atoms with E-state index in [9.17, 15) is 32.4 Å². The standard InChI is InChI=1S/C39H61N5O7S/c1-37(2)26-23-44(30(29(26)37)33(46)41-27(17-14-24-12-13-24)31(45)34(47)40-25-15-16-25)35(48)32(38(3)18-6-4-7-19-38)42-36(49)43-39(20-8-5-9-21-39)28-11-10-22-52(28,50)51/h24-30,32H,4-23H2,1-3H3,(H,40,47)(H,41,46)(H2,42,43,49)/t26-,27-,28?,29-,30-,32+/m0/s1. The first-order chi connectivity index (χ1) is 24.7. The fourth-order valence-corrected chi connectivity index (χ4v) is 13.0. The number of Topliss-reactive ketones (excluding diaryl/α,β-unsaturated/α-hetero) is 1. The fraction of sp³-hybridized carbons (Fsp3) is 0.872. The maximum absolute atomic E-state index is 15.0. The number of urea groups is 1. The number of nitrogens with one attached hydrogen (secondary N) is 4. The molecule has 7 fully saturated rings. The van der Waals surface area contributed by atoms with Crippen molar-refractivity contribution in [2.45, 2.75) is 171 Å². The second-order valence-electron chi connectivity index (χ2n) is 18.5. The maximum atomic E-state index is 15.0. The van der Waals surface area contributed by atoms with E-state index in [-0.39, 0.29) is 35.0 Å². The average Bonchev–Trinajstić information content (AvgIpc) is 4.07. The molecule has 0 aromatic rings. The maximum Gasteiger partial charge on any atom is 0.315 e. The highest BCUT2D eigenvalue weighted by molar-refractivity contribution is 7.92. The molecule has 7 aliphatic rings.